The summed E-state index contributed by atoms with van der Waals surface area (Å²) in [5, 5.41) is 13.5. The molecule has 4 rings (SSSR count). The predicted octanol–water partition coefficient (Wildman–Crippen LogP) is 5.15. The maximum atomic E-state index is 13.0. The Morgan fingerprint density at radius 2 is 1.66 bits per heavy atom. The van der Waals surface area contributed by atoms with E-state index >= 15 is 0 Å². The van der Waals surface area contributed by atoms with Crippen molar-refractivity contribution >= 4 is 58.5 Å². The van der Waals surface area contributed by atoms with Crippen molar-refractivity contribution in [2.45, 2.75) is 6.61 Å². The fourth-order valence-corrected chi connectivity index (χ4v) is 3.62. The number of nitrogens with one attached hydrogen (secondary N) is 1. The second-order valence-electron chi connectivity index (χ2n) is 7.34. The molecule has 0 radical (unpaired) electrons. The zero-order chi connectivity index (χ0) is 25.1. The smallest absolute Gasteiger partial charge is 0.335 e. The lowest BCUT2D eigenvalue weighted by molar-refractivity contribution is -0.384. The number of rotatable bonds is 6. The van der Waals surface area contributed by atoms with Crippen LogP contribution in [0.25, 0.3) is 6.08 Å². The van der Waals surface area contributed by atoms with Gasteiger partial charge in [0.05, 0.1) is 15.6 Å². The highest BCUT2D eigenvalue weighted by molar-refractivity contribution is 6.39. The number of urea groups is 1. The van der Waals surface area contributed by atoms with Crippen LogP contribution < -0.4 is 15.0 Å². The molecule has 35 heavy (non-hydrogen) atoms. The topological polar surface area (TPSA) is 119 Å². The van der Waals surface area contributed by atoms with E-state index in [-0.39, 0.29) is 28.6 Å². The molecule has 1 aliphatic rings. The molecule has 1 N–H and O–H groups in total. The number of benzene rings is 3. The number of nitrogens with zero attached hydrogens (tertiary/aromatic N) is 2. The van der Waals surface area contributed by atoms with Gasteiger partial charge in [-0.3, -0.25) is 25.0 Å². The van der Waals surface area contributed by atoms with E-state index in [4.69, 9.17) is 27.9 Å². The van der Waals surface area contributed by atoms with Gasteiger partial charge in [-0.15, -0.1) is 0 Å². The molecule has 0 saturated carbocycles. The maximum absolute atomic E-state index is 13.0. The minimum Gasteiger partial charge on any atom is -0.487 e. The highest BCUT2D eigenvalue weighted by atomic mass is 35.5. The summed E-state index contributed by atoms with van der Waals surface area (Å²) in [7, 11) is 0. The van der Waals surface area contributed by atoms with E-state index in [9.17, 15) is 24.5 Å². The standard InChI is InChI=1S/C24H15Cl2N3O6/c25-16-4-8-17(9-5-16)28-23(31)19(22(30)27-24(28)32)11-15-3-10-21(20(26)12-15)35-13-14-1-6-18(7-2-14)29(33)34/h1-12H,13H2,(H,27,30,32)/b19-11+. The summed E-state index contributed by atoms with van der Waals surface area (Å²) in [5.41, 5.74) is 1.11. The molecule has 1 heterocycles. The molecule has 0 unspecified atom stereocenters. The molecule has 0 bridgehead atoms. The number of amides is 4. The number of nitro benzene ring substituents is 1. The number of carbonyl (C=O) groups is 3. The molecule has 1 fully saturated rings. The van der Waals surface area contributed by atoms with Crippen LogP contribution in [0.15, 0.2) is 72.3 Å². The molecule has 3 aromatic carbocycles. The van der Waals surface area contributed by atoms with Crippen molar-refractivity contribution in [2.24, 2.45) is 0 Å². The number of anilines is 1. The van der Waals surface area contributed by atoms with E-state index in [0.717, 1.165) is 4.90 Å². The molecule has 0 aliphatic carbocycles. The number of non-ortho nitro benzene ring substituents is 1. The van der Waals surface area contributed by atoms with Gasteiger partial charge in [0.2, 0.25) is 0 Å². The molecule has 0 spiro atoms. The molecule has 1 saturated heterocycles. The normalized spacial score (nSPS) is 14.7. The van der Waals surface area contributed by atoms with Crippen LogP contribution in [0.5, 0.6) is 5.75 Å². The lowest BCUT2D eigenvalue weighted by Gasteiger charge is -2.26. The Morgan fingerprint density at radius 3 is 2.29 bits per heavy atom. The van der Waals surface area contributed by atoms with Crippen LogP contribution in [-0.4, -0.2) is 22.8 Å². The number of hydrogen-bond donors (Lipinski definition) is 1. The van der Waals surface area contributed by atoms with Crippen LogP contribution in [0.1, 0.15) is 11.1 Å². The fraction of sp³-hybridized carbons (Fsp3) is 0.0417. The molecule has 176 valence electrons. The van der Waals surface area contributed by atoms with E-state index in [0.29, 0.717) is 21.9 Å². The zero-order valence-corrected chi connectivity index (χ0v) is 19.2. The monoisotopic (exact) mass is 511 g/mol. The summed E-state index contributed by atoms with van der Waals surface area (Å²) in [6.45, 7) is 0.122. The minimum absolute atomic E-state index is 0.0261. The minimum atomic E-state index is -0.868. The number of barbiturate groups is 1. The van der Waals surface area contributed by atoms with Crippen molar-refractivity contribution in [2.75, 3.05) is 4.90 Å². The van der Waals surface area contributed by atoms with Crippen LogP contribution in [0.4, 0.5) is 16.2 Å². The molecular weight excluding hydrogens is 497 g/mol. The summed E-state index contributed by atoms with van der Waals surface area (Å²) in [4.78, 5) is 48.7. The molecule has 0 atom stereocenters. The average molecular weight is 512 g/mol. The van der Waals surface area contributed by atoms with Crippen molar-refractivity contribution in [1.82, 2.24) is 5.32 Å². The van der Waals surface area contributed by atoms with Gasteiger partial charge in [0.15, 0.2) is 0 Å². The SMILES string of the molecule is O=C1NC(=O)N(c2ccc(Cl)cc2)C(=O)/C1=C/c1ccc(OCc2ccc([N+](=O)[O-])cc2)c(Cl)c1. The van der Waals surface area contributed by atoms with Gasteiger partial charge in [-0.2, -0.15) is 0 Å². The van der Waals surface area contributed by atoms with E-state index in [1.54, 1.807) is 24.3 Å². The van der Waals surface area contributed by atoms with Crippen molar-refractivity contribution in [3.63, 3.8) is 0 Å². The lowest BCUT2D eigenvalue weighted by atomic mass is 10.1. The van der Waals surface area contributed by atoms with Gasteiger partial charge < -0.3 is 4.74 Å². The lowest BCUT2D eigenvalue weighted by Crippen LogP contribution is -2.54. The number of hydrogen-bond acceptors (Lipinski definition) is 6. The van der Waals surface area contributed by atoms with Crippen LogP contribution in [0.2, 0.25) is 10.0 Å². The summed E-state index contributed by atoms with van der Waals surface area (Å²) in [6.07, 6.45) is 1.32. The van der Waals surface area contributed by atoms with Gasteiger partial charge in [-0.25, -0.2) is 9.69 Å². The molecule has 11 heteroatoms. The first-order valence-corrected chi connectivity index (χ1v) is 10.8. The van der Waals surface area contributed by atoms with Crippen LogP contribution >= 0.6 is 23.2 Å². The van der Waals surface area contributed by atoms with Gasteiger partial charge >= 0.3 is 6.03 Å². The fourth-order valence-electron chi connectivity index (χ4n) is 3.25. The molecule has 1 aliphatic heterocycles. The molecular formula is C24H15Cl2N3O6. The van der Waals surface area contributed by atoms with Gasteiger partial charge in [0.1, 0.15) is 17.9 Å². The Bertz CT molecular complexity index is 1370. The van der Waals surface area contributed by atoms with Crippen molar-refractivity contribution in [3.8, 4) is 5.75 Å². The van der Waals surface area contributed by atoms with Crippen LogP contribution in [-0.2, 0) is 16.2 Å². The summed E-state index contributed by atoms with van der Waals surface area (Å²) >= 11 is 12.2. The second-order valence-corrected chi connectivity index (χ2v) is 8.18. The number of carbonyl (C=O) groups excluding carboxylic acids is 3. The van der Waals surface area contributed by atoms with E-state index in [1.807, 2.05) is 0 Å². The van der Waals surface area contributed by atoms with Crippen molar-refractivity contribution in [1.29, 1.82) is 0 Å². The third-order valence-corrected chi connectivity index (χ3v) is 5.54. The Hall–Kier alpha value is -4.21. The van der Waals surface area contributed by atoms with Crippen molar-refractivity contribution in [3.05, 3.63) is 104 Å². The summed E-state index contributed by atoms with van der Waals surface area (Å²) in [5.74, 6) is -1.29. The van der Waals surface area contributed by atoms with E-state index in [1.165, 1.54) is 48.5 Å². The Kier molecular flexibility index (Phi) is 6.81. The highest BCUT2D eigenvalue weighted by Gasteiger charge is 2.36. The number of halogens is 2. The molecule has 9 nitrogen and oxygen atoms in total. The zero-order valence-electron chi connectivity index (χ0n) is 17.7. The quantitative estimate of drug-likeness (QED) is 0.211. The molecule has 0 aromatic heterocycles. The highest BCUT2D eigenvalue weighted by Crippen LogP contribution is 2.29. The number of nitro groups is 1. The first-order valence-electron chi connectivity index (χ1n) is 10.1. The Balaban J connectivity index is 1.52. The van der Waals surface area contributed by atoms with Crippen LogP contribution in [0, 0.1) is 10.1 Å². The maximum Gasteiger partial charge on any atom is 0.335 e. The van der Waals surface area contributed by atoms with Gasteiger partial charge in [-0.1, -0.05) is 29.3 Å². The Morgan fingerprint density at radius 1 is 0.971 bits per heavy atom. The van der Waals surface area contributed by atoms with E-state index in [2.05, 4.69) is 5.32 Å². The first kappa shape index (κ1) is 23.9. The number of ether oxygens (including phenoxy) is 1. The van der Waals surface area contributed by atoms with Gasteiger partial charge in [0, 0.05) is 17.2 Å². The van der Waals surface area contributed by atoms with Crippen LogP contribution in [0.3, 0.4) is 0 Å². The third-order valence-electron chi connectivity index (χ3n) is 4.99. The number of imide groups is 2. The van der Waals surface area contributed by atoms with Crippen molar-refractivity contribution < 1.29 is 24.0 Å². The average Bonchev–Trinajstić information content (AvgIpc) is 2.82. The predicted molar refractivity (Wildman–Crippen MR) is 129 cm³/mol. The van der Waals surface area contributed by atoms with Gasteiger partial charge in [-0.05, 0) is 65.7 Å². The Labute approximate surface area is 208 Å². The summed E-state index contributed by atoms with van der Waals surface area (Å²) in [6, 6.07) is 15.7. The second kappa shape index (κ2) is 9.96. The van der Waals surface area contributed by atoms with E-state index < -0.39 is 22.8 Å². The van der Waals surface area contributed by atoms with Gasteiger partial charge in [0.25, 0.3) is 17.5 Å². The third kappa shape index (κ3) is 5.32. The first-order chi connectivity index (χ1) is 16.7. The summed E-state index contributed by atoms with van der Waals surface area (Å²) < 4.78 is 5.68. The molecule has 4 amide bonds. The molecule has 3 aromatic rings. The largest absolute Gasteiger partial charge is 0.487 e.